The van der Waals surface area contributed by atoms with Gasteiger partial charge in [-0.3, -0.25) is 24.4 Å². The SMILES string of the molecule is Cc1c(C2CCN(CC3CCN(c4ncc(Cl)c(Nc5ccc6c(c5)c5c(c(=O)n6C)OCC(F)(F)[C@H](C6CC6)N5)n4)CC3)CC2)ccc2c(C3CCC(=O)NC3=O)nn(C)c12. The molecule has 0 bridgehead atoms. The summed E-state index contributed by atoms with van der Waals surface area (Å²) in [6.07, 6.45) is 8.01. The van der Waals surface area contributed by atoms with E-state index in [4.69, 9.17) is 26.4 Å². The molecule has 326 valence electrons. The van der Waals surface area contributed by atoms with Crippen molar-refractivity contribution in [2.45, 2.75) is 82.1 Å². The summed E-state index contributed by atoms with van der Waals surface area (Å²) in [6.45, 7) is 6.09. The van der Waals surface area contributed by atoms with E-state index in [2.05, 4.69) is 49.8 Å². The molecule has 3 N–H and O–H groups in total. The third-order valence-corrected chi connectivity index (χ3v) is 14.2. The van der Waals surface area contributed by atoms with Gasteiger partial charge in [0.2, 0.25) is 23.5 Å². The van der Waals surface area contributed by atoms with Crippen molar-refractivity contribution in [1.82, 2.24) is 34.5 Å². The number of nitrogens with one attached hydrogen (secondary N) is 3. The molecule has 2 aromatic carbocycles. The first kappa shape index (κ1) is 40.7. The van der Waals surface area contributed by atoms with Crippen molar-refractivity contribution in [2.75, 3.05) is 54.9 Å². The van der Waals surface area contributed by atoms with Crippen molar-refractivity contribution in [3.8, 4) is 5.75 Å². The summed E-state index contributed by atoms with van der Waals surface area (Å²) in [5, 5.41) is 15.5. The Labute approximate surface area is 362 Å². The van der Waals surface area contributed by atoms with Gasteiger partial charge >= 0.3 is 5.92 Å². The molecule has 1 saturated carbocycles. The fourth-order valence-corrected chi connectivity index (χ4v) is 10.5. The third kappa shape index (κ3) is 7.41. The van der Waals surface area contributed by atoms with Crippen molar-refractivity contribution in [1.29, 1.82) is 0 Å². The van der Waals surface area contributed by atoms with Gasteiger partial charge in [0.25, 0.3) is 5.56 Å². The second kappa shape index (κ2) is 15.8. The number of piperidine rings is 3. The molecule has 4 fully saturated rings. The maximum absolute atomic E-state index is 15.2. The third-order valence-electron chi connectivity index (χ3n) is 13.9. The Hall–Kier alpha value is -5.35. The number of benzene rings is 2. The van der Waals surface area contributed by atoms with E-state index in [0.717, 1.165) is 75.0 Å². The van der Waals surface area contributed by atoms with Gasteiger partial charge in [-0.2, -0.15) is 10.1 Å². The van der Waals surface area contributed by atoms with E-state index in [1.807, 2.05) is 23.9 Å². The van der Waals surface area contributed by atoms with Gasteiger partial charge in [-0.15, -0.1) is 0 Å². The van der Waals surface area contributed by atoms with Gasteiger partial charge in [0.05, 0.1) is 40.6 Å². The Balaban J connectivity index is 0.770. The Morgan fingerprint density at radius 1 is 0.968 bits per heavy atom. The largest absolute Gasteiger partial charge is 0.480 e. The lowest BCUT2D eigenvalue weighted by Gasteiger charge is -2.38. The van der Waals surface area contributed by atoms with Crippen LogP contribution >= 0.6 is 11.6 Å². The number of likely N-dealkylation sites (tertiary alicyclic amines) is 1. The molecule has 10 rings (SSSR count). The van der Waals surface area contributed by atoms with Crippen molar-refractivity contribution >= 4 is 68.4 Å². The molecule has 5 aliphatic rings. The maximum Gasteiger partial charge on any atom is 0.301 e. The zero-order valence-corrected chi connectivity index (χ0v) is 35.9. The zero-order chi connectivity index (χ0) is 43.0. The molecule has 0 spiro atoms. The summed E-state index contributed by atoms with van der Waals surface area (Å²) in [7, 11) is 3.55. The molecule has 7 heterocycles. The van der Waals surface area contributed by atoms with E-state index in [0.29, 0.717) is 70.9 Å². The first-order valence-corrected chi connectivity index (χ1v) is 22.2. The normalized spacial score (nSPS) is 22.6. The number of nitrogens with zero attached hydrogens (tertiary/aromatic N) is 7. The highest BCUT2D eigenvalue weighted by molar-refractivity contribution is 6.33. The first-order valence-electron chi connectivity index (χ1n) is 21.8. The van der Waals surface area contributed by atoms with E-state index in [-0.39, 0.29) is 29.2 Å². The van der Waals surface area contributed by atoms with Crippen LogP contribution in [0.4, 0.5) is 31.9 Å². The number of aromatic nitrogens is 5. The van der Waals surface area contributed by atoms with Crippen LogP contribution in [0.15, 0.2) is 41.3 Å². The Bertz CT molecular complexity index is 2670. The smallest absolute Gasteiger partial charge is 0.301 e. The highest BCUT2D eigenvalue weighted by Gasteiger charge is 2.51. The lowest BCUT2D eigenvalue weighted by atomic mass is 9.84. The van der Waals surface area contributed by atoms with Crippen molar-refractivity contribution in [3.05, 3.63) is 68.7 Å². The van der Waals surface area contributed by atoms with E-state index in [1.165, 1.54) is 15.7 Å². The molecule has 2 amide bonds. The lowest BCUT2D eigenvalue weighted by Crippen LogP contribution is -2.44. The summed E-state index contributed by atoms with van der Waals surface area (Å²) >= 11 is 6.64. The number of amides is 2. The zero-order valence-electron chi connectivity index (χ0n) is 35.1. The number of aryl methyl sites for hydroxylation is 3. The highest BCUT2D eigenvalue weighted by Crippen LogP contribution is 2.46. The number of hydrogen-bond donors (Lipinski definition) is 3. The molecular weight excluding hydrogens is 818 g/mol. The molecule has 14 nitrogen and oxygen atoms in total. The molecule has 62 heavy (non-hydrogen) atoms. The van der Waals surface area contributed by atoms with Crippen LogP contribution in [0.25, 0.3) is 21.8 Å². The van der Waals surface area contributed by atoms with Gasteiger partial charge < -0.3 is 29.7 Å². The van der Waals surface area contributed by atoms with Crippen LogP contribution in [-0.4, -0.2) is 92.3 Å². The minimum atomic E-state index is -3.13. The van der Waals surface area contributed by atoms with Crippen LogP contribution < -0.4 is 31.1 Å². The second-order valence-electron chi connectivity index (χ2n) is 18.0. The molecule has 4 aliphatic heterocycles. The van der Waals surface area contributed by atoms with E-state index in [1.54, 1.807) is 19.3 Å². The molecule has 3 aromatic heterocycles. The van der Waals surface area contributed by atoms with Gasteiger partial charge in [0.1, 0.15) is 5.02 Å². The van der Waals surface area contributed by atoms with Gasteiger partial charge in [0, 0.05) is 56.6 Å². The Morgan fingerprint density at radius 2 is 1.74 bits per heavy atom. The molecule has 2 atom stereocenters. The van der Waals surface area contributed by atoms with E-state index >= 15 is 8.78 Å². The molecule has 3 saturated heterocycles. The van der Waals surface area contributed by atoms with Crippen LogP contribution in [-0.2, 0) is 23.7 Å². The topological polar surface area (TPSA) is 152 Å². The number of pyridine rings is 1. The Kier molecular flexibility index (Phi) is 10.4. The fourth-order valence-electron chi connectivity index (χ4n) is 10.4. The quantitative estimate of drug-likeness (QED) is 0.142. The number of imide groups is 1. The number of alkyl halides is 2. The maximum atomic E-state index is 15.2. The van der Waals surface area contributed by atoms with Crippen LogP contribution in [0.3, 0.4) is 0 Å². The fraction of sp³-hybridized carbons (Fsp3) is 0.511. The average Bonchev–Trinajstić information content (AvgIpc) is 4.06. The van der Waals surface area contributed by atoms with Crippen molar-refractivity contribution < 1.29 is 23.1 Å². The minimum absolute atomic E-state index is 0.103. The molecule has 0 radical (unpaired) electrons. The Morgan fingerprint density at radius 3 is 2.48 bits per heavy atom. The molecular formula is C45H51ClF2N10O4. The molecule has 5 aromatic rings. The average molecular weight is 869 g/mol. The number of hydrogen-bond acceptors (Lipinski definition) is 11. The number of carbonyl (C=O) groups excluding carboxylic acids is 2. The number of anilines is 4. The lowest BCUT2D eigenvalue weighted by molar-refractivity contribution is -0.134. The van der Waals surface area contributed by atoms with Crippen LogP contribution in [0, 0.1) is 18.8 Å². The van der Waals surface area contributed by atoms with Crippen molar-refractivity contribution in [2.24, 2.45) is 25.9 Å². The molecule has 1 unspecified atom stereocenters. The summed E-state index contributed by atoms with van der Waals surface area (Å²) in [5.41, 5.74) is 5.40. The van der Waals surface area contributed by atoms with Gasteiger partial charge in [-0.1, -0.05) is 23.7 Å². The summed E-state index contributed by atoms with van der Waals surface area (Å²) in [5.74, 6) is -2.28. The molecule has 1 aliphatic carbocycles. The molecule has 17 heteroatoms. The van der Waals surface area contributed by atoms with Crippen LogP contribution in [0.2, 0.25) is 5.02 Å². The summed E-state index contributed by atoms with van der Waals surface area (Å²) in [6, 6.07) is 8.63. The van der Waals surface area contributed by atoms with E-state index in [9.17, 15) is 14.4 Å². The summed E-state index contributed by atoms with van der Waals surface area (Å²) < 4.78 is 39.2. The van der Waals surface area contributed by atoms with E-state index < -0.39 is 30.0 Å². The second-order valence-corrected chi connectivity index (χ2v) is 18.4. The number of rotatable bonds is 8. The predicted octanol–water partition coefficient (Wildman–Crippen LogP) is 6.76. The predicted molar refractivity (Wildman–Crippen MR) is 234 cm³/mol. The van der Waals surface area contributed by atoms with Gasteiger partial charge in [-0.25, -0.2) is 13.8 Å². The van der Waals surface area contributed by atoms with Crippen LogP contribution in [0.5, 0.6) is 5.75 Å². The monoisotopic (exact) mass is 868 g/mol. The van der Waals surface area contributed by atoms with Crippen molar-refractivity contribution in [3.63, 3.8) is 0 Å². The standard InChI is InChI=1S/C45H51ClF2N10O4/c1-24-29(7-8-30-36(54-56(3)38(24)30)31-9-11-35(59)51-42(31)60)26-14-16-57(17-15-26)22-25-12-18-58(19-13-25)44-49-21-33(46)41(53-44)50-28-6-10-34-32(20-28)37-39(43(61)55(34)2)62-23-45(47,48)40(52-37)27-4-5-27/h6-8,10,20-21,25-27,31,40,52H,4-5,9,11-19,22-23H2,1-3H3,(H,49,50,53)(H,51,59,60)/t31?,40-/m0/s1. The van der Waals surface area contributed by atoms with Gasteiger partial charge in [0.15, 0.2) is 12.4 Å². The minimum Gasteiger partial charge on any atom is -0.480 e. The van der Waals surface area contributed by atoms with Crippen LogP contribution in [0.1, 0.15) is 80.0 Å². The number of carbonyl (C=O) groups is 2. The number of ether oxygens (including phenoxy) is 1. The number of halogens is 3. The highest BCUT2D eigenvalue weighted by atomic mass is 35.5. The first-order chi connectivity index (χ1) is 29.8. The number of fused-ring (bicyclic) bond motifs is 4. The van der Waals surface area contributed by atoms with Gasteiger partial charge in [-0.05, 0) is 112 Å². The summed E-state index contributed by atoms with van der Waals surface area (Å²) in [4.78, 5) is 51.9.